The molecule has 2 nitrogen and oxygen atoms in total. The van der Waals surface area contributed by atoms with E-state index in [4.69, 9.17) is 4.98 Å². The lowest BCUT2D eigenvalue weighted by molar-refractivity contribution is 0.834. The zero-order chi connectivity index (χ0) is 16.5. The number of para-hydroxylation sites is 2. The molecule has 0 fully saturated rings. The number of aryl methyl sites for hydroxylation is 2. The third kappa shape index (κ3) is 2.71. The lowest BCUT2D eigenvalue weighted by atomic mass is 10.1. The number of rotatable bonds is 3. The summed E-state index contributed by atoms with van der Waals surface area (Å²) in [5.74, 6) is 1.03. The van der Waals surface area contributed by atoms with Gasteiger partial charge in [0.25, 0.3) is 0 Å². The van der Waals surface area contributed by atoms with Crippen LogP contribution in [0.5, 0.6) is 0 Å². The van der Waals surface area contributed by atoms with Crippen LogP contribution in [-0.2, 0) is 6.54 Å². The van der Waals surface area contributed by atoms with E-state index < -0.39 is 0 Å². The van der Waals surface area contributed by atoms with Crippen molar-refractivity contribution in [2.24, 2.45) is 0 Å². The summed E-state index contributed by atoms with van der Waals surface area (Å²) in [6.45, 7) is 5.06. The Bertz CT molecular complexity index is 994. The molecule has 0 N–H and O–H groups in total. The summed E-state index contributed by atoms with van der Waals surface area (Å²) in [6.07, 6.45) is 0. The van der Waals surface area contributed by atoms with Gasteiger partial charge in [-0.25, -0.2) is 4.98 Å². The number of imidazole rings is 1. The molecule has 24 heavy (non-hydrogen) atoms. The summed E-state index contributed by atoms with van der Waals surface area (Å²) in [4.78, 5) is 4.90. The van der Waals surface area contributed by atoms with Crippen molar-refractivity contribution in [3.8, 4) is 11.4 Å². The van der Waals surface area contributed by atoms with Crippen molar-refractivity contribution in [3.05, 3.63) is 89.5 Å². The van der Waals surface area contributed by atoms with Crippen molar-refractivity contribution in [1.82, 2.24) is 9.55 Å². The Morgan fingerprint density at radius 2 is 1.58 bits per heavy atom. The third-order valence-corrected chi connectivity index (χ3v) is 4.39. The van der Waals surface area contributed by atoms with E-state index in [9.17, 15) is 0 Å². The predicted molar refractivity (Wildman–Crippen MR) is 100 cm³/mol. The monoisotopic (exact) mass is 312 g/mol. The molecular formula is C22H20N2. The lowest BCUT2D eigenvalue weighted by Gasteiger charge is -2.10. The first-order chi connectivity index (χ1) is 11.7. The van der Waals surface area contributed by atoms with Crippen LogP contribution in [0.4, 0.5) is 0 Å². The SMILES string of the molecule is Cc1ccc(Cn2c(-c3cccc(C)c3)nc3ccccc32)cc1. The smallest absolute Gasteiger partial charge is 0.141 e. The van der Waals surface area contributed by atoms with Crippen LogP contribution in [-0.4, -0.2) is 9.55 Å². The number of nitrogens with zero attached hydrogens (tertiary/aromatic N) is 2. The molecule has 0 spiro atoms. The summed E-state index contributed by atoms with van der Waals surface area (Å²) in [5.41, 5.74) is 7.21. The van der Waals surface area contributed by atoms with E-state index in [0.29, 0.717) is 0 Å². The van der Waals surface area contributed by atoms with Gasteiger partial charge in [-0.05, 0) is 37.6 Å². The van der Waals surface area contributed by atoms with Crippen LogP contribution in [0.2, 0.25) is 0 Å². The zero-order valence-electron chi connectivity index (χ0n) is 14.0. The number of benzene rings is 3. The Morgan fingerprint density at radius 1 is 0.792 bits per heavy atom. The number of hydrogen-bond donors (Lipinski definition) is 0. The highest BCUT2D eigenvalue weighted by Crippen LogP contribution is 2.26. The molecule has 1 aromatic heterocycles. The molecule has 0 aliphatic carbocycles. The summed E-state index contributed by atoms with van der Waals surface area (Å²) >= 11 is 0. The average molecular weight is 312 g/mol. The van der Waals surface area contributed by atoms with Gasteiger partial charge in [0.1, 0.15) is 5.82 Å². The van der Waals surface area contributed by atoms with E-state index >= 15 is 0 Å². The van der Waals surface area contributed by atoms with E-state index in [1.807, 2.05) is 6.07 Å². The van der Waals surface area contributed by atoms with E-state index in [0.717, 1.165) is 17.9 Å². The first-order valence-corrected chi connectivity index (χ1v) is 8.28. The molecule has 0 amide bonds. The average Bonchev–Trinajstić information content (AvgIpc) is 2.96. The molecule has 0 saturated carbocycles. The molecule has 0 bridgehead atoms. The van der Waals surface area contributed by atoms with E-state index in [1.54, 1.807) is 0 Å². The highest BCUT2D eigenvalue weighted by molar-refractivity contribution is 5.80. The Balaban J connectivity index is 1.88. The van der Waals surface area contributed by atoms with Crippen molar-refractivity contribution < 1.29 is 0 Å². The summed E-state index contributed by atoms with van der Waals surface area (Å²) in [7, 11) is 0. The molecule has 0 aliphatic heterocycles. The van der Waals surface area contributed by atoms with Gasteiger partial charge in [0.05, 0.1) is 11.0 Å². The standard InChI is InChI=1S/C22H20N2/c1-16-10-12-18(13-11-16)15-24-21-9-4-3-8-20(21)23-22(24)19-7-5-6-17(2)14-19/h3-14H,15H2,1-2H3. The van der Waals surface area contributed by atoms with Crippen LogP contribution in [0.1, 0.15) is 16.7 Å². The molecule has 0 radical (unpaired) electrons. The quantitative estimate of drug-likeness (QED) is 0.497. The molecule has 3 aromatic carbocycles. The van der Waals surface area contributed by atoms with Gasteiger partial charge >= 0.3 is 0 Å². The Morgan fingerprint density at radius 3 is 2.38 bits per heavy atom. The fourth-order valence-corrected chi connectivity index (χ4v) is 3.12. The van der Waals surface area contributed by atoms with Gasteiger partial charge in [0, 0.05) is 12.1 Å². The summed E-state index contributed by atoms with van der Waals surface area (Å²) in [5, 5.41) is 0. The van der Waals surface area contributed by atoms with Crippen molar-refractivity contribution in [2.45, 2.75) is 20.4 Å². The van der Waals surface area contributed by atoms with Gasteiger partial charge in [-0.15, -0.1) is 0 Å². The molecule has 118 valence electrons. The topological polar surface area (TPSA) is 17.8 Å². The Hall–Kier alpha value is -2.87. The van der Waals surface area contributed by atoms with Gasteiger partial charge in [0.15, 0.2) is 0 Å². The van der Waals surface area contributed by atoms with Crippen LogP contribution in [0.15, 0.2) is 72.8 Å². The highest BCUT2D eigenvalue weighted by atomic mass is 15.1. The lowest BCUT2D eigenvalue weighted by Crippen LogP contribution is -2.02. The number of fused-ring (bicyclic) bond motifs is 1. The largest absolute Gasteiger partial charge is 0.319 e. The number of hydrogen-bond acceptors (Lipinski definition) is 1. The normalized spacial score (nSPS) is 11.1. The molecule has 0 saturated heterocycles. The van der Waals surface area contributed by atoms with E-state index in [-0.39, 0.29) is 0 Å². The van der Waals surface area contributed by atoms with Crippen molar-refractivity contribution >= 4 is 11.0 Å². The van der Waals surface area contributed by atoms with E-state index in [1.165, 1.54) is 27.8 Å². The molecule has 4 aromatic rings. The van der Waals surface area contributed by atoms with Crippen molar-refractivity contribution in [1.29, 1.82) is 0 Å². The minimum Gasteiger partial charge on any atom is -0.319 e. The maximum absolute atomic E-state index is 4.90. The number of aromatic nitrogens is 2. The molecule has 2 heteroatoms. The second kappa shape index (κ2) is 5.97. The molecule has 4 rings (SSSR count). The van der Waals surface area contributed by atoms with Crippen molar-refractivity contribution in [2.75, 3.05) is 0 Å². The van der Waals surface area contributed by atoms with Crippen LogP contribution >= 0.6 is 0 Å². The van der Waals surface area contributed by atoms with Crippen molar-refractivity contribution in [3.63, 3.8) is 0 Å². The molecular weight excluding hydrogens is 292 g/mol. The van der Waals surface area contributed by atoms with Gasteiger partial charge in [-0.2, -0.15) is 0 Å². The van der Waals surface area contributed by atoms with Gasteiger partial charge in [-0.1, -0.05) is 65.7 Å². The minimum absolute atomic E-state index is 0.823. The minimum atomic E-state index is 0.823. The third-order valence-electron chi connectivity index (χ3n) is 4.39. The highest BCUT2D eigenvalue weighted by Gasteiger charge is 2.12. The molecule has 0 aliphatic rings. The van der Waals surface area contributed by atoms with Gasteiger partial charge in [0.2, 0.25) is 0 Å². The molecule has 0 atom stereocenters. The van der Waals surface area contributed by atoms with Crippen LogP contribution in [0, 0.1) is 13.8 Å². The first kappa shape index (κ1) is 14.7. The Labute approximate surface area is 142 Å². The predicted octanol–water partition coefficient (Wildman–Crippen LogP) is 5.37. The first-order valence-electron chi connectivity index (χ1n) is 8.28. The summed E-state index contributed by atoms with van der Waals surface area (Å²) in [6, 6.07) is 25.6. The van der Waals surface area contributed by atoms with E-state index in [2.05, 4.69) is 85.1 Å². The van der Waals surface area contributed by atoms with Crippen LogP contribution < -0.4 is 0 Å². The fourth-order valence-electron chi connectivity index (χ4n) is 3.12. The second-order valence-corrected chi connectivity index (χ2v) is 6.37. The fraction of sp³-hybridized carbons (Fsp3) is 0.136. The van der Waals surface area contributed by atoms with Gasteiger partial charge in [-0.3, -0.25) is 0 Å². The molecule has 1 heterocycles. The Kier molecular flexibility index (Phi) is 3.66. The van der Waals surface area contributed by atoms with Crippen LogP contribution in [0.25, 0.3) is 22.4 Å². The maximum atomic E-state index is 4.90. The summed E-state index contributed by atoms with van der Waals surface area (Å²) < 4.78 is 2.31. The molecule has 0 unspecified atom stereocenters. The second-order valence-electron chi connectivity index (χ2n) is 6.37. The maximum Gasteiger partial charge on any atom is 0.141 e. The zero-order valence-corrected chi connectivity index (χ0v) is 14.0. The van der Waals surface area contributed by atoms with Gasteiger partial charge < -0.3 is 4.57 Å². The van der Waals surface area contributed by atoms with Crippen LogP contribution in [0.3, 0.4) is 0 Å².